The normalized spacial score (nSPS) is 10.3. The van der Waals surface area contributed by atoms with Gasteiger partial charge in [-0.25, -0.2) is 4.98 Å². The Kier molecular flexibility index (Phi) is 4.26. The third-order valence-corrected chi connectivity index (χ3v) is 3.67. The van der Waals surface area contributed by atoms with Crippen LogP contribution in [0.3, 0.4) is 0 Å². The summed E-state index contributed by atoms with van der Waals surface area (Å²) in [7, 11) is 0. The molecule has 0 saturated heterocycles. The van der Waals surface area contributed by atoms with Gasteiger partial charge in [0.25, 0.3) is 0 Å². The van der Waals surface area contributed by atoms with Crippen LogP contribution in [-0.2, 0) is 6.54 Å². The first-order chi connectivity index (χ1) is 10.3. The molecule has 21 heavy (non-hydrogen) atoms. The van der Waals surface area contributed by atoms with E-state index in [9.17, 15) is 0 Å². The van der Waals surface area contributed by atoms with E-state index in [2.05, 4.69) is 50.2 Å². The van der Waals surface area contributed by atoms with E-state index in [0.717, 1.165) is 16.8 Å². The smallest absolute Gasteiger partial charge is 0.200 e. The minimum atomic E-state index is 0.749. The van der Waals surface area contributed by atoms with E-state index in [1.165, 1.54) is 5.56 Å². The molecule has 3 aromatic rings. The first kappa shape index (κ1) is 13.8. The molecular formula is C17H15BrN3+. The molecule has 3 rings (SSSR count). The van der Waals surface area contributed by atoms with Crippen molar-refractivity contribution in [2.75, 3.05) is 5.01 Å². The number of nitrogens with zero attached hydrogens (tertiary/aromatic N) is 3. The fourth-order valence-electron chi connectivity index (χ4n) is 2.10. The highest BCUT2D eigenvalue weighted by Gasteiger charge is 2.17. The van der Waals surface area contributed by atoms with Crippen LogP contribution in [-0.4, -0.2) is 4.98 Å². The van der Waals surface area contributed by atoms with Crippen LogP contribution in [0.15, 0.2) is 83.7 Å². The quantitative estimate of drug-likeness (QED) is 0.676. The van der Waals surface area contributed by atoms with Crippen molar-refractivity contribution in [3.63, 3.8) is 0 Å². The fraction of sp³-hybridized carbons (Fsp3) is 0.0588. The van der Waals surface area contributed by atoms with Crippen LogP contribution < -0.4 is 9.69 Å². The summed E-state index contributed by atoms with van der Waals surface area (Å²) in [4.78, 5) is 4.47. The summed E-state index contributed by atoms with van der Waals surface area (Å²) in [6.07, 6.45) is 5.86. The van der Waals surface area contributed by atoms with Gasteiger partial charge in [-0.2, -0.15) is 0 Å². The van der Waals surface area contributed by atoms with Crippen molar-refractivity contribution >= 4 is 21.7 Å². The van der Waals surface area contributed by atoms with Gasteiger partial charge >= 0.3 is 0 Å². The Morgan fingerprint density at radius 3 is 2.33 bits per heavy atom. The van der Waals surface area contributed by atoms with Gasteiger partial charge in [0.15, 0.2) is 18.2 Å². The van der Waals surface area contributed by atoms with Crippen LogP contribution in [0.1, 0.15) is 5.56 Å². The predicted octanol–water partition coefficient (Wildman–Crippen LogP) is 3.60. The molecule has 0 fully saturated rings. The SMILES string of the molecule is Brc1ccc(CN(c2ccccn2)[n+]2ccccc2)cc1. The van der Waals surface area contributed by atoms with Crippen molar-refractivity contribution < 1.29 is 4.68 Å². The summed E-state index contributed by atoms with van der Waals surface area (Å²) in [5.41, 5.74) is 1.22. The van der Waals surface area contributed by atoms with E-state index < -0.39 is 0 Å². The van der Waals surface area contributed by atoms with E-state index in [1.807, 2.05) is 59.7 Å². The van der Waals surface area contributed by atoms with Crippen LogP contribution in [0.2, 0.25) is 0 Å². The maximum absolute atomic E-state index is 4.47. The average molecular weight is 341 g/mol. The van der Waals surface area contributed by atoms with Gasteiger partial charge in [0.05, 0.1) is 0 Å². The van der Waals surface area contributed by atoms with Crippen LogP contribution in [0.4, 0.5) is 5.82 Å². The Balaban J connectivity index is 1.95. The van der Waals surface area contributed by atoms with E-state index >= 15 is 0 Å². The minimum absolute atomic E-state index is 0.749. The van der Waals surface area contributed by atoms with Gasteiger partial charge in [-0.05, 0) is 29.8 Å². The second-order valence-corrected chi connectivity index (χ2v) is 5.54. The summed E-state index contributed by atoms with van der Waals surface area (Å²) in [6, 6.07) is 20.3. The largest absolute Gasteiger partial charge is 0.234 e. The highest BCUT2D eigenvalue weighted by atomic mass is 79.9. The third-order valence-electron chi connectivity index (χ3n) is 3.14. The van der Waals surface area contributed by atoms with Crippen LogP contribution >= 0.6 is 15.9 Å². The number of pyridine rings is 2. The van der Waals surface area contributed by atoms with Crippen molar-refractivity contribution in [1.82, 2.24) is 4.98 Å². The molecule has 0 atom stereocenters. The average Bonchev–Trinajstić information content (AvgIpc) is 2.56. The molecule has 2 aromatic heterocycles. The van der Waals surface area contributed by atoms with Crippen LogP contribution in [0.25, 0.3) is 0 Å². The van der Waals surface area contributed by atoms with E-state index in [0.29, 0.717) is 0 Å². The van der Waals surface area contributed by atoms with Crippen LogP contribution in [0.5, 0.6) is 0 Å². The van der Waals surface area contributed by atoms with Gasteiger partial charge in [-0.15, -0.1) is 5.01 Å². The summed E-state index contributed by atoms with van der Waals surface area (Å²) < 4.78 is 3.13. The number of hydrogen-bond acceptors (Lipinski definition) is 2. The van der Waals surface area contributed by atoms with Gasteiger partial charge in [0.2, 0.25) is 0 Å². The Bertz CT molecular complexity index is 645. The Morgan fingerprint density at radius 2 is 1.67 bits per heavy atom. The highest BCUT2D eigenvalue weighted by Crippen LogP contribution is 2.14. The molecule has 0 aliphatic heterocycles. The molecule has 0 spiro atoms. The summed E-state index contributed by atoms with van der Waals surface area (Å²) in [6.45, 7) is 0.749. The molecule has 1 aromatic carbocycles. The van der Waals surface area contributed by atoms with Gasteiger partial charge < -0.3 is 0 Å². The van der Waals surface area contributed by atoms with Crippen molar-refractivity contribution in [3.05, 3.63) is 89.3 Å². The second-order valence-electron chi connectivity index (χ2n) is 4.63. The first-order valence-electron chi connectivity index (χ1n) is 6.72. The lowest BCUT2D eigenvalue weighted by Crippen LogP contribution is -2.53. The minimum Gasteiger partial charge on any atom is -0.234 e. The van der Waals surface area contributed by atoms with Gasteiger partial charge in [0, 0.05) is 22.8 Å². The standard InChI is InChI=1S/C17H15BrN3/c18-16-9-7-15(8-10-16)14-21(17-6-2-3-11-19-17)20-12-4-1-5-13-20/h1-13H,14H2/q+1. The van der Waals surface area contributed by atoms with E-state index in [1.54, 1.807) is 0 Å². The molecule has 0 N–H and O–H groups in total. The Labute approximate surface area is 132 Å². The van der Waals surface area contributed by atoms with Crippen molar-refractivity contribution in [2.24, 2.45) is 0 Å². The molecule has 0 saturated carbocycles. The lowest BCUT2D eigenvalue weighted by atomic mass is 10.2. The second kappa shape index (κ2) is 6.50. The number of aromatic nitrogens is 2. The molecule has 0 unspecified atom stereocenters. The fourth-order valence-corrected chi connectivity index (χ4v) is 2.36. The van der Waals surface area contributed by atoms with Gasteiger partial charge in [0.1, 0.15) is 6.54 Å². The van der Waals surface area contributed by atoms with Crippen LogP contribution in [0, 0.1) is 0 Å². The molecule has 4 heteroatoms. The molecule has 0 amide bonds. The number of hydrogen-bond donors (Lipinski definition) is 0. The predicted molar refractivity (Wildman–Crippen MR) is 86.6 cm³/mol. The van der Waals surface area contributed by atoms with Crippen molar-refractivity contribution in [2.45, 2.75) is 6.54 Å². The van der Waals surface area contributed by atoms with E-state index in [-0.39, 0.29) is 0 Å². The van der Waals surface area contributed by atoms with E-state index in [4.69, 9.17) is 0 Å². The zero-order chi connectivity index (χ0) is 14.5. The molecule has 104 valence electrons. The zero-order valence-corrected chi connectivity index (χ0v) is 13.0. The molecule has 0 bridgehead atoms. The number of anilines is 1. The number of benzene rings is 1. The summed E-state index contributed by atoms with van der Waals surface area (Å²) >= 11 is 3.47. The van der Waals surface area contributed by atoms with Crippen molar-refractivity contribution in [1.29, 1.82) is 0 Å². The molecule has 2 heterocycles. The summed E-state index contributed by atoms with van der Waals surface area (Å²) in [5, 5.41) is 2.13. The molecular weight excluding hydrogens is 326 g/mol. The zero-order valence-electron chi connectivity index (χ0n) is 11.4. The topological polar surface area (TPSA) is 20.0 Å². The number of halogens is 1. The van der Waals surface area contributed by atoms with Crippen molar-refractivity contribution in [3.8, 4) is 0 Å². The monoisotopic (exact) mass is 340 g/mol. The van der Waals surface area contributed by atoms with Gasteiger partial charge in [-0.1, -0.05) is 44.9 Å². The first-order valence-corrected chi connectivity index (χ1v) is 7.52. The maximum atomic E-state index is 4.47. The Morgan fingerprint density at radius 1 is 0.905 bits per heavy atom. The Hall–Kier alpha value is -2.20. The molecule has 3 nitrogen and oxygen atoms in total. The third kappa shape index (κ3) is 3.47. The molecule has 0 radical (unpaired) electrons. The highest BCUT2D eigenvalue weighted by molar-refractivity contribution is 9.10. The summed E-state index contributed by atoms with van der Waals surface area (Å²) in [5.74, 6) is 0.914. The number of rotatable bonds is 4. The lowest BCUT2D eigenvalue weighted by Gasteiger charge is -2.16. The maximum Gasteiger partial charge on any atom is 0.200 e. The van der Waals surface area contributed by atoms with Gasteiger partial charge in [-0.3, -0.25) is 0 Å². The molecule has 0 aliphatic carbocycles. The molecule has 0 aliphatic rings. The lowest BCUT2D eigenvalue weighted by molar-refractivity contribution is -0.686.